The molecule has 3 aromatic heterocycles. The first-order valence-corrected chi connectivity index (χ1v) is 12.4. The van der Waals surface area contributed by atoms with Crippen LogP contribution in [0.25, 0.3) is 33.1 Å². The van der Waals surface area contributed by atoms with Gasteiger partial charge in [0.2, 0.25) is 0 Å². The van der Waals surface area contributed by atoms with Crippen molar-refractivity contribution in [3.8, 4) is 16.9 Å². The van der Waals surface area contributed by atoms with Crippen molar-refractivity contribution in [2.45, 2.75) is 19.9 Å². The van der Waals surface area contributed by atoms with Gasteiger partial charge in [0.1, 0.15) is 24.7 Å². The molecule has 0 radical (unpaired) electrons. The zero-order valence-corrected chi connectivity index (χ0v) is 21.0. The smallest absolute Gasteiger partial charge is 0.153 e. The largest absolute Gasteiger partial charge is 0.487 e. The van der Waals surface area contributed by atoms with E-state index in [0.717, 1.165) is 55.8 Å². The minimum atomic E-state index is 0.386. The Balaban J connectivity index is 1.31. The molecule has 190 valence electrons. The standard InChI is InChI=1S/C30H28N6O2/c1-37-19-36-22(17-33-27-9-5-6-10-28(27)38-18-20-7-3-2-4-8-20)16-24-23(13-14-32-30(24)36)21-11-12-26-25(15-21)29(31)35-34-26/h2-16,33H,17-19H2,1H3,(H3,31,34,35). The van der Waals surface area contributed by atoms with E-state index in [2.05, 4.69) is 50.4 Å². The molecule has 0 amide bonds. The van der Waals surface area contributed by atoms with Crippen LogP contribution in [0.1, 0.15) is 11.3 Å². The average Bonchev–Trinajstić information content (AvgIpc) is 3.51. The quantitative estimate of drug-likeness (QED) is 0.225. The second kappa shape index (κ2) is 10.3. The van der Waals surface area contributed by atoms with E-state index in [1.807, 2.05) is 60.8 Å². The highest BCUT2D eigenvalue weighted by Gasteiger charge is 2.15. The number of nitrogen functional groups attached to an aromatic ring is 1. The Hall–Kier alpha value is -4.82. The van der Waals surface area contributed by atoms with E-state index < -0.39 is 0 Å². The summed E-state index contributed by atoms with van der Waals surface area (Å²) < 4.78 is 13.8. The molecule has 0 saturated carbocycles. The van der Waals surface area contributed by atoms with Gasteiger partial charge in [-0.1, -0.05) is 48.5 Å². The first-order valence-electron chi connectivity index (χ1n) is 12.4. The second-order valence-corrected chi connectivity index (χ2v) is 9.07. The van der Waals surface area contributed by atoms with Crippen LogP contribution in [0.5, 0.6) is 5.75 Å². The van der Waals surface area contributed by atoms with Crippen LogP contribution < -0.4 is 15.8 Å². The fraction of sp³-hybridized carbons (Fsp3) is 0.133. The number of anilines is 2. The van der Waals surface area contributed by atoms with Gasteiger partial charge in [-0.15, -0.1) is 0 Å². The molecule has 0 aliphatic rings. The van der Waals surface area contributed by atoms with E-state index in [9.17, 15) is 0 Å². The third-order valence-corrected chi connectivity index (χ3v) is 6.63. The number of methoxy groups -OCH3 is 1. The summed E-state index contributed by atoms with van der Waals surface area (Å²) in [6.07, 6.45) is 1.83. The Morgan fingerprint density at radius 2 is 1.79 bits per heavy atom. The maximum Gasteiger partial charge on any atom is 0.153 e. The number of nitrogens with one attached hydrogen (secondary N) is 2. The number of para-hydroxylation sites is 2. The maximum atomic E-state index is 6.14. The molecule has 0 aliphatic carbocycles. The summed E-state index contributed by atoms with van der Waals surface area (Å²) in [6.45, 7) is 1.46. The fourth-order valence-electron chi connectivity index (χ4n) is 4.73. The van der Waals surface area contributed by atoms with Gasteiger partial charge < -0.3 is 25.1 Å². The van der Waals surface area contributed by atoms with Gasteiger partial charge in [-0.3, -0.25) is 5.10 Å². The van der Waals surface area contributed by atoms with E-state index in [0.29, 0.717) is 25.7 Å². The molecule has 0 spiro atoms. The lowest BCUT2D eigenvalue weighted by atomic mass is 10.0. The van der Waals surface area contributed by atoms with Gasteiger partial charge in [0.05, 0.1) is 17.7 Å². The molecule has 0 bridgehead atoms. The van der Waals surface area contributed by atoms with Crippen molar-refractivity contribution in [1.29, 1.82) is 0 Å². The number of benzene rings is 3. The number of ether oxygens (including phenoxy) is 2. The summed E-state index contributed by atoms with van der Waals surface area (Å²) in [6, 6.07) is 28.5. The van der Waals surface area contributed by atoms with Crippen molar-refractivity contribution in [2.75, 3.05) is 18.2 Å². The van der Waals surface area contributed by atoms with Crippen LogP contribution in [0.3, 0.4) is 0 Å². The van der Waals surface area contributed by atoms with Crippen LogP contribution >= 0.6 is 0 Å². The Bertz CT molecular complexity index is 1710. The molecule has 0 unspecified atom stereocenters. The molecule has 0 saturated heterocycles. The molecule has 6 aromatic rings. The van der Waals surface area contributed by atoms with Crippen LogP contribution in [0, 0.1) is 0 Å². The van der Waals surface area contributed by atoms with E-state index in [1.54, 1.807) is 7.11 Å². The summed E-state index contributed by atoms with van der Waals surface area (Å²) in [7, 11) is 1.69. The van der Waals surface area contributed by atoms with Crippen molar-refractivity contribution in [3.63, 3.8) is 0 Å². The molecule has 0 atom stereocenters. The molecule has 4 N–H and O–H groups in total. The number of pyridine rings is 1. The summed E-state index contributed by atoms with van der Waals surface area (Å²) >= 11 is 0. The molecular weight excluding hydrogens is 476 g/mol. The molecule has 3 aromatic carbocycles. The second-order valence-electron chi connectivity index (χ2n) is 9.07. The molecule has 8 heteroatoms. The van der Waals surface area contributed by atoms with E-state index >= 15 is 0 Å². The van der Waals surface area contributed by atoms with E-state index in [-0.39, 0.29) is 0 Å². The Morgan fingerprint density at radius 1 is 0.947 bits per heavy atom. The Labute approximate surface area is 220 Å². The maximum absolute atomic E-state index is 6.14. The number of aromatic amines is 1. The zero-order valence-electron chi connectivity index (χ0n) is 21.0. The molecule has 3 heterocycles. The number of fused-ring (bicyclic) bond motifs is 2. The highest BCUT2D eigenvalue weighted by molar-refractivity contribution is 5.98. The van der Waals surface area contributed by atoms with Gasteiger partial charge >= 0.3 is 0 Å². The molecule has 6 rings (SSSR count). The predicted octanol–water partition coefficient (Wildman–Crippen LogP) is 5.96. The lowest BCUT2D eigenvalue weighted by molar-refractivity contribution is 0.132. The van der Waals surface area contributed by atoms with Crippen LogP contribution in [0.4, 0.5) is 11.5 Å². The Morgan fingerprint density at radius 3 is 2.66 bits per heavy atom. The van der Waals surface area contributed by atoms with Crippen LogP contribution in [0.15, 0.2) is 91.1 Å². The molecule has 0 aliphatic heterocycles. The van der Waals surface area contributed by atoms with Crippen molar-refractivity contribution in [3.05, 3.63) is 102 Å². The van der Waals surface area contributed by atoms with E-state index in [4.69, 9.17) is 20.2 Å². The van der Waals surface area contributed by atoms with Crippen molar-refractivity contribution >= 4 is 33.4 Å². The van der Waals surface area contributed by atoms with Crippen LogP contribution in [0.2, 0.25) is 0 Å². The third kappa shape index (κ3) is 4.53. The number of nitrogens with zero attached hydrogens (tertiary/aromatic N) is 3. The number of hydrogen-bond acceptors (Lipinski definition) is 6. The van der Waals surface area contributed by atoms with Gasteiger partial charge in [0.15, 0.2) is 5.82 Å². The number of rotatable bonds is 9. The highest BCUT2D eigenvalue weighted by atomic mass is 16.5. The number of hydrogen-bond donors (Lipinski definition) is 3. The normalized spacial score (nSPS) is 11.3. The molecule has 38 heavy (non-hydrogen) atoms. The SMILES string of the molecule is COCn1c(CNc2ccccc2OCc2ccccc2)cc2c(-c3ccc4[nH]nc(N)c4c3)ccnc21. The average molecular weight is 505 g/mol. The zero-order chi connectivity index (χ0) is 25.9. The van der Waals surface area contributed by atoms with Gasteiger partial charge in [-0.25, -0.2) is 4.98 Å². The number of aromatic nitrogens is 4. The summed E-state index contributed by atoms with van der Waals surface area (Å²) in [4.78, 5) is 4.70. The summed E-state index contributed by atoms with van der Waals surface area (Å²) in [5.74, 6) is 1.29. The molecule has 8 nitrogen and oxygen atoms in total. The summed E-state index contributed by atoms with van der Waals surface area (Å²) in [5.41, 5.74) is 13.0. The number of H-pyrrole nitrogens is 1. The van der Waals surface area contributed by atoms with Gasteiger partial charge in [0, 0.05) is 29.8 Å². The Kier molecular flexibility index (Phi) is 6.37. The van der Waals surface area contributed by atoms with Crippen molar-refractivity contribution < 1.29 is 9.47 Å². The lowest BCUT2D eigenvalue weighted by Crippen LogP contribution is -2.10. The highest BCUT2D eigenvalue weighted by Crippen LogP contribution is 2.33. The van der Waals surface area contributed by atoms with Gasteiger partial charge in [-0.2, -0.15) is 5.10 Å². The lowest BCUT2D eigenvalue weighted by Gasteiger charge is -2.14. The third-order valence-electron chi connectivity index (χ3n) is 6.63. The van der Waals surface area contributed by atoms with Crippen LogP contribution in [-0.2, 0) is 24.6 Å². The predicted molar refractivity (Wildman–Crippen MR) is 151 cm³/mol. The van der Waals surface area contributed by atoms with Crippen molar-refractivity contribution in [1.82, 2.24) is 19.7 Å². The molecular formula is C30H28N6O2. The van der Waals surface area contributed by atoms with Gasteiger partial charge in [0.25, 0.3) is 0 Å². The van der Waals surface area contributed by atoms with Crippen LogP contribution in [-0.4, -0.2) is 26.9 Å². The monoisotopic (exact) mass is 504 g/mol. The topological polar surface area (TPSA) is 103 Å². The minimum absolute atomic E-state index is 0.386. The first-order chi connectivity index (χ1) is 18.7. The number of nitrogens with two attached hydrogens (primary N) is 1. The first kappa shape index (κ1) is 23.6. The minimum Gasteiger partial charge on any atom is -0.487 e. The van der Waals surface area contributed by atoms with E-state index in [1.165, 1.54) is 0 Å². The molecule has 0 fully saturated rings. The van der Waals surface area contributed by atoms with Gasteiger partial charge in [-0.05, 0) is 53.1 Å². The fourth-order valence-corrected chi connectivity index (χ4v) is 4.73. The summed E-state index contributed by atoms with van der Waals surface area (Å²) in [5, 5.41) is 12.6. The van der Waals surface area contributed by atoms with Crippen molar-refractivity contribution in [2.24, 2.45) is 0 Å².